The van der Waals surface area contributed by atoms with Gasteiger partial charge in [-0.25, -0.2) is 4.39 Å². The summed E-state index contributed by atoms with van der Waals surface area (Å²) >= 11 is 0. The van der Waals surface area contributed by atoms with Crippen molar-refractivity contribution in [1.29, 1.82) is 0 Å². The first-order valence-electron chi connectivity index (χ1n) is 10.4. The van der Waals surface area contributed by atoms with Crippen molar-refractivity contribution in [3.05, 3.63) is 37.2 Å². The number of carbonyl (C=O) groups excluding carboxylic acids is 2. The number of primary amides is 1. The standard InChI is InChI=1S/C6H12O.C5H8N4O.C4H7F.C4H7NO.C2H6.CH3F/c7-6-4-2-1-3-5-6;1-7-3-2-8-9-4(3)5(6)10;1-3-4(2)5;1-2-3-5-4-6;2*1-2/h6-7H,1-5H2;2,7H,1H3,(H2,6,10)(H,8,9);3-4H,1H2,2H3;2,4H,1,3H2,(H,5,6);1-2H3;1H3. The summed E-state index contributed by atoms with van der Waals surface area (Å²) in [7, 11) is 2.19. The number of carbonyl (C=O) groups is 2. The van der Waals surface area contributed by atoms with Gasteiger partial charge in [-0.2, -0.15) is 5.10 Å². The molecule has 1 saturated carbocycles. The van der Waals surface area contributed by atoms with Crippen molar-refractivity contribution < 1.29 is 23.5 Å². The summed E-state index contributed by atoms with van der Waals surface area (Å²) < 4.78 is 20.8. The van der Waals surface area contributed by atoms with Crippen LogP contribution in [0.15, 0.2) is 31.5 Å². The van der Waals surface area contributed by atoms with Crippen molar-refractivity contribution in [3.63, 3.8) is 0 Å². The van der Waals surface area contributed by atoms with Gasteiger partial charge in [0.25, 0.3) is 5.91 Å². The molecule has 2 rings (SSSR count). The Morgan fingerprint density at radius 2 is 1.84 bits per heavy atom. The Hall–Kier alpha value is -2.75. The first-order valence-corrected chi connectivity index (χ1v) is 10.4. The Balaban J connectivity index is -0.000000160. The van der Waals surface area contributed by atoms with E-state index in [4.69, 9.17) is 10.8 Å². The van der Waals surface area contributed by atoms with Crippen LogP contribution in [0.5, 0.6) is 0 Å². The van der Waals surface area contributed by atoms with Crippen LogP contribution in [0, 0.1) is 0 Å². The van der Waals surface area contributed by atoms with Crippen molar-refractivity contribution in [2.24, 2.45) is 5.73 Å². The Morgan fingerprint density at radius 3 is 2.06 bits per heavy atom. The number of aliphatic hydroxyl groups is 1. The van der Waals surface area contributed by atoms with Crippen LogP contribution in [-0.2, 0) is 4.79 Å². The number of alkyl halides is 2. The zero-order valence-corrected chi connectivity index (χ0v) is 20.2. The number of rotatable bonds is 6. The average molecular weight is 464 g/mol. The minimum absolute atomic E-state index is 0.0359. The van der Waals surface area contributed by atoms with Gasteiger partial charge in [-0.15, -0.1) is 13.2 Å². The number of allylic oxidation sites excluding steroid dienone is 1. The van der Waals surface area contributed by atoms with E-state index in [2.05, 4.69) is 34.0 Å². The van der Waals surface area contributed by atoms with E-state index in [0.29, 0.717) is 31.5 Å². The number of nitrogens with zero attached hydrogens (tertiary/aromatic N) is 1. The Bertz CT molecular complexity index is 541. The third-order valence-electron chi connectivity index (χ3n) is 3.40. The van der Waals surface area contributed by atoms with Crippen molar-refractivity contribution in [3.8, 4) is 0 Å². The van der Waals surface area contributed by atoms with Gasteiger partial charge in [-0.3, -0.25) is 19.1 Å². The second-order valence-corrected chi connectivity index (χ2v) is 5.79. The van der Waals surface area contributed by atoms with Crippen LogP contribution in [0.2, 0.25) is 0 Å². The largest absolute Gasteiger partial charge is 0.393 e. The lowest BCUT2D eigenvalue weighted by atomic mass is 9.98. The van der Waals surface area contributed by atoms with Crippen LogP contribution in [0.1, 0.15) is 63.4 Å². The first kappa shape index (κ1) is 36.6. The lowest BCUT2D eigenvalue weighted by Crippen LogP contribution is -2.13. The Morgan fingerprint density at radius 1 is 1.34 bits per heavy atom. The number of nitrogens with one attached hydrogen (secondary N) is 3. The van der Waals surface area contributed by atoms with Crippen LogP contribution in [0.25, 0.3) is 0 Å². The van der Waals surface area contributed by atoms with E-state index in [1.807, 2.05) is 13.8 Å². The minimum Gasteiger partial charge on any atom is -0.393 e. The van der Waals surface area contributed by atoms with E-state index < -0.39 is 12.1 Å². The molecular formula is C22H43F2N5O3. The predicted molar refractivity (Wildman–Crippen MR) is 129 cm³/mol. The average Bonchev–Trinajstić information content (AvgIpc) is 3.31. The van der Waals surface area contributed by atoms with Gasteiger partial charge < -0.3 is 21.5 Å². The molecule has 0 spiro atoms. The van der Waals surface area contributed by atoms with E-state index in [9.17, 15) is 18.4 Å². The number of anilines is 1. The number of halogens is 2. The van der Waals surface area contributed by atoms with Crippen LogP contribution in [0.4, 0.5) is 14.5 Å². The lowest BCUT2D eigenvalue weighted by Gasteiger charge is -2.14. The second kappa shape index (κ2) is 30.4. The molecule has 1 heterocycles. The molecule has 1 unspecified atom stereocenters. The number of hydrogen-bond acceptors (Lipinski definition) is 5. The highest BCUT2D eigenvalue weighted by atomic mass is 19.1. The summed E-state index contributed by atoms with van der Waals surface area (Å²) in [5.74, 6) is -0.512. The van der Waals surface area contributed by atoms with Crippen molar-refractivity contribution >= 4 is 18.0 Å². The van der Waals surface area contributed by atoms with E-state index in [1.54, 1.807) is 13.1 Å². The van der Waals surface area contributed by atoms with Crippen LogP contribution in [0.3, 0.4) is 0 Å². The fourth-order valence-electron chi connectivity index (χ4n) is 1.88. The topological polar surface area (TPSA) is 133 Å². The Kier molecular flexibility index (Phi) is 34.8. The summed E-state index contributed by atoms with van der Waals surface area (Å²) in [5, 5.41) is 20.2. The molecule has 0 radical (unpaired) electrons. The SMILES string of the molecule is C=CC(C)F.C=CCNC=O.CC.CF.CNc1cn[nH]c1C(N)=O.OC1CCCCC1. The van der Waals surface area contributed by atoms with E-state index in [1.165, 1.54) is 38.5 Å². The van der Waals surface area contributed by atoms with E-state index >= 15 is 0 Å². The maximum Gasteiger partial charge on any atom is 0.268 e. The number of amides is 2. The van der Waals surface area contributed by atoms with E-state index in [0.717, 1.165) is 12.8 Å². The fourth-order valence-corrected chi connectivity index (χ4v) is 1.88. The molecule has 32 heavy (non-hydrogen) atoms. The van der Waals surface area contributed by atoms with Gasteiger partial charge in [0.05, 0.1) is 25.2 Å². The van der Waals surface area contributed by atoms with Crippen molar-refractivity contribution in [2.45, 2.75) is 65.2 Å². The molecule has 0 aliphatic heterocycles. The van der Waals surface area contributed by atoms with Crippen molar-refractivity contribution in [1.82, 2.24) is 15.5 Å². The van der Waals surface area contributed by atoms with E-state index in [-0.39, 0.29) is 6.10 Å². The predicted octanol–water partition coefficient (Wildman–Crippen LogP) is 3.92. The molecule has 188 valence electrons. The highest BCUT2D eigenvalue weighted by Crippen LogP contribution is 2.16. The molecule has 1 fully saturated rings. The smallest absolute Gasteiger partial charge is 0.268 e. The summed E-state index contributed by atoms with van der Waals surface area (Å²) in [4.78, 5) is 20.0. The molecule has 6 N–H and O–H groups in total. The molecule has 1 atom stereocenters. The zero-order chi connectivity index (χ0) is 25.8. The quantitative estimate of drug-likeness (QED) is 0.248. The molecule has 1 aromatic heterocycles. The molecule has 1 aliphatic rings. The Labute approximate surface area is 191 Å². The number of nitrogens with two attached hydrogens (primary N) is 1. The minimum atomic E-state index is -0.852. The highest BCUT2D eigenvalue weighted by molar-refractivity contribution is 5.96. The van der Waals surface area contributed by atoms with Crippen LogP contribution in [-0.4, -0.2) is 60.7 Å². The van der Waals surface area contributed by atoms with Gasteiger partial charge in [0.2, 0.25) is 6.41 Å². The number of aliphatic hydroxyl groups excluding tert-OH is 1. The maximum absolute atomic E-state index is 11.3. The van der Waals surface area contributed by atoms with Gasteiger partial charge in [-0.05, 0) is 19.8 Å². The molecule has 10 heteroatoms. The third kappa shape index (κ3) is 27.2. The summed E-state index contributed by atoms with van der Waals surface area (Å²) in [6.45, 7) is 12.6. The van der Waals surface area contributed by atoms with Gasteiger partial charge in [0.1, 0.15) is 11.9 Å². The highest BCUT2D eigenvalue weighted by Gasteiger charge is 2.08. The van der Waals surface area contributed by atoms with Crippen LogP contribution < -0.4 is 16.4 Å². The molecule has 8 nitrogen and oxygen atoms in total. The molecule has 0 bridgehead atoms. The number of hydrogen-bond donors (Lipinski definition) is 5. The lowest BCUT2D eigenvalue weighted by molar-refractivity contribution is -0.109. The maximum atomic E-state index is 11.3. The molecule has 0 aromatic carbocycles. The molecular weight excluding hydrogens is 420 g/mol. The van der Waals surface area contributed by atoms with Gasteiger partial charge >= 0.3 is 0 Å². The number of H-pyrrole nitrogens is 1. The monoisotopic (exact) mass is 463 g/mol. The van der Waals surface area contributed by atoms with Gasteiger partial charge in [-0.1, -0.05) is 45.3 Å². The molecule has 1 aliphatic carbocycles. The summed E-state index contributed by atoms with van der Waals surface area (Å²) in [6, 6.07) is 0. The first-order chi connectivity index (χ1) is 15.3. The fraction of sp³-hybridized carbons (Fsp3) is 0.591. The zero-order valence-electron chi connectivity index (χ0n) is 20.2. The third-order valence-corrected chi connectivity index (χ3v) is 3.40. The summed E-state index contributed by atoms with van der Waals surface area (Å²) in [6.07, 6.45) is 10.1. The second-order valence-electron chi connectivity index (χ2n) is 5.79. The molecule has 1 aromatic rings. The normalized spacial score (nSPS) is 12.2. The van der Waals surface area contributed by atoms with Crippen molar-refractivity contribution in [2.75, 3.05) is 26.1 Å². The number of aromatic nitrogens is 2. The number of aromatic amines is 1. The van der Waals surface area contributed by atoms with Gasteiger partial charge in [0.15, 0.2) is 0 Å². The molecule has 0 saturated heterocycles. The molecule has 2 amide bonds. The summed E-state index contributed by atoms with van der Waals surface area (Å²) in [5.41, 5.74) is 5.91. The van der Waals surface area contributed by atoms with Crippen LogP contribution >= 0.6 is 0 Å². The van der Waals surface area contributed by atoms with Gasteiger partial charge in [0, 0.05) is 13.6 Å².